The molecule has 1 saturated heterocycles. The Hall–Kier alpha value is -1.44. The van der Waals surface area contributed by atoms with Gasteiger partial charge in [0.25, 0.3) is 0 Å². The lowest BCUT2D eigenvalue weighted by atomic mass is 10.1. The van der Waals surface area contributed by atoms with Gasteiger partial charge in [-0.1, -0.05) is 0 Å². The summed E-state index contributed by atoms with van der Waals surface area (Å²) in [6, 6.07) is 2.64. The monoisotopic (exact) mass is 299 g/mol. The first-order valence-electron chi connectivity index (χ1n) is 6.26. The molecule has 1 heterocycles. The summed E-state index contributed by atoms with van der Waals surface area (Å²) in [7, 11) is -3.77. The highest BCUT2D eigenvalue weighted by atomic mass is 32.2. The van der Waals surface area contributed by atoms with E-state index in [4.69, 9.17) is 5.11 Å². The first-order valence-corrected chi connectivity index (χ1v) is 7.70. The van der Waals surface area contributed by atoms with E-state index < -0.39 is 22.1 Å². The average molecular weight is 299 g/mol. The lowest BCUT2D eigenvalue weighted by Gasteiger charge is -2.18. The summed E-state index contributed by atoms with van der Waals surface area (Å²) in [5, 5.41) is 18.5. The molecule has 1 fully saturated rings. The molecule has 2 rings (SSSR count). The zero-order chi connectivity index (χ0) is 15.1. The van der Waals surface area contributed by atoms with Crippen molar-refractivity contribution < 1.29 is 23.4 Å². The van der Waals surface area contributed by atoms with Gasteiger partial charge in [0, 0.05) is 13.1 Å². The van der Waals surface area contributed by atoms with Gasteiger partial charge in [-0.3, -0.25) is 0 Å². The molecule has 1 atom stereocenters. The maximum Gasteiger partial charge on any atom is 0.335 e. The van der Waals surface area contributed by atoms with Gasteiger partial charge in [-0.2, -0.15) is 4.31 Å². The second-order valence-corrected chi connectivity index (χ2v) is 6.93. The highest BCUT2D eigenvalue weighted by Gasteiger charge is 2.33. The number of aliphatic hydroxyl groups excluding tert-OH is 1. The number of hydrogen-bond acceptors (Lipinski definition) is 4. The summed E-state index contributed by atoms with van der Waals surface area (Å²) in [6.45, 7) is 3.64. The zero-order valence-corrected chi connectivity index (χ0v) is 12.1. The summed E-state index contributed by atoms with van der Waals surface area (Å²) < 4.78 is 26.3. The smallest absolute Gasteiger partial charge is 0.335 e. The molecule has 110 valence electrons. The van der Waals surface area contributed by atoms with Crippen molar-refractivity contribution in [1.29, 1.82) is 0 Å². The molecular weight excluding hydrogens is 282 g/mol. The Morgan fingerprint density at radius 3 is 2.50 bits per heavy atom. The van der Waals surface area contributed by atoms with Crippen molar-refractivity contribution in [3.05, 3.63) is 28.8 Å². The maximum absolute atomic E-state index is 12.5. The van der Waals surface area contributed by atoms with Gasteiger partial charge in [-0.05, 0) is 43.5 Å². The van der Waals surface area contributed by atoms with Crippen LogP contribution in [0.15, 0.2) is 17.0 Å². The van der Waals surface area contributed by atoms with Crippen LogP contribution in [0.2, 0.25) is 0 Å². The van der Waals surface area contributed by atoms with E-state index in [1.54, 1.807) is 13.8 Å². The third kappa shape index (κ3) is 2.56. The fourth-order valence-electron chi connectivity index (χ4n) is 2.29. The van der Waals surface area contributed by atoms with Crippen LogP contribution in [0.3, 0.4) is 0 Å². The third-order valence-corrected chi connectivity index (χ3v) is 5.60. The lowest BCUT2D eigenvalue weighted by molar-refractivity contribution is 0.0696. The number of rotatable bonds is 3. The van der Waals surface area contributed by atoms with Crippen LogP contribution in [0.5, 0.6) is 0 Å². The van der Waals surface area contributed by atoms with Crippen molar-refractivity contribution in [2.45, 2.75) is 31.3 Å². The van der Waals surface area contributed by atoms with Crippen molar-refractivity contribution >= 4 is 16.0 Å². The SMILES string of the molecule is Cc1cc(C(=O)O)cc(S(=O)(=O)N2CC[C@H](O)C2)c1C. The van der Waals surface area contributed by atoms with E-state index in [0.717, 1.165) is 0 Å². The predicted molar refractivity (Wildman–Crippen MR) is 72.3 cm³/mol. The number of aryl methyl sites for hydroxylation is 1. The van der Waals surface area contributed by atoms with Crippen LogP contribution in [0.1, 0.15) is 27.9 Å². The molecule has 1 aliphatic heterocycles. The van der Waals surface area contributed by atoms with Crippen LogP contribution in [0.25, 0.3) is 0 Å². The average Bonchev–Trinajstić information content (AvgIpc) is 2.79. The fourth-order valence-corrected chi connectivity index (χ4v) is 4.10. The molecule has 2 N–H and O–H groups in total. The number of aliphatic hydroxyl groups is 1. The molecule has 1 aliphatic rings. The number of carboxylic acid groups (broad SMARTS) is 1. The van der Waals surface area contributed by atoms with E-state index in [2.05, 4.69) is 0 Å². The van der Waals surface area contributed by atoms with Gasteiger partial charge in [0.2, 0.25) is 10.0 Å². The molecular formula is C13H17NO5S. The zero-order valence-electron chi connectivity index (χ0n) is 11.3. The molecule has 0 aromatic heterocycles. The molecule has 0 spiro atoms. The van der Waals surface area contributed by atoms with Crippen molar-refractivity contribution in [2.75, 3.05) is 13.1 Å². The molecule has 6 nitrogen and oxygen atoms in total. The quantitative estimate of drug-likeness (QED) is 0.859. The van der Waals surface area contributed by atoms with Crippen molar-refractivity contribution in [3.8, 4) is 0 Å². The van der Waals surface area contributed by atoms with Gasteiger partial charge in [0.15, 0.2) is 0 Å². The van der Waals surface area contributed by atoms with Crippen LogP contribution in [0.4, 0.5) is 0 Å². The molecule has 0 bridgehead atoms. The van der Waals surface area contributed by atoms with E-state index >= 15 is 0 Å². The third-order valence-electron chi connectivity index (χ3n) is 3.61. The second kappa shape index (κ2) is 5.16. The Kier molecular flexibility index (Phi) is 3.86. The van der Waals surface area contributed by atoms with Gasteiger partial charge in [-0.25, -0.2) is 13.2 Å². The Morgan fingerprint density at radius 1 is 1.35 bits per heavy atom. The standard InChI is InChI=1S/C13H17NO5S/c1-8-5-10(13(16)17)6-12(9(8)2)20(18,19)14-4-3-11(15)7-14/h5-6,11,15H,3-4,7H2,1-2H3,(H,16,17)/t11-/m0/s1. The largest absolute Gasteiger partial charge is 0.478 e. The molecule has 0 amide bonds. The molecule has 7 heteroatoms. The van der Waals surface area contributed by atoms with E-state index in [-0.39, 0.29) is 23.5 Å². The summed E-state index contributed by atoms with van der Waals surface area (Å²) in [5.41, 5.74) is 1.10. The van der Waals surface area contributed by atoms with Crippen molar-refractivity contribution in [1.82, 2.24) is 4.31 Å². The van der Waals surface area contributed by atoms with Crippen LogP contribution >= 0.6 is 0 Å². The first kappa shape index (κ1) is 15.0. The van der Waals surface area contributed by atoms with Crippen LogP contribution in [-0.4, -0.2) is 48.1 Å². The maximum atomic E-state index is 12.5. The number of carbonyl (C=O) groups is 1. The number of nitrogens with zero attached hydrogens (tertiary/aromatic N) is 1. The number of sulfonamides is 1. The number of carboxylic acids is 1. The highest BCUT2D eigenvalue weighted by molar-refractivity contribution is 7.89. The molecule has 0 radical (unpaired) electrons. The Bertz CT molecular complexity index is 653. The van der Waals surface area contributed by atoms with Crippen LogP contribution in [-0.2, 0) is 10.0 Å². The normalized spacial score (nSPS) is 20.2. The molecule has 1 aromatic rings. The van der Waals surface area contributed by atoms with Crippen molar-refractivity contribution in [3.63, 3.8) is 0 Å². The van der Waals surface area contributed by atoms with E-state index in [1.807, 2.05) is 0 Å². The number of hydrogen-bond donors (Lipinski definition) is 2. The topological polar surface area (TPSA) is 94.9 Å². The van der Waals surface area contributed by atoms with Crippen molar-refractivity contribution in [2.24, 2.45) is 0 Å². The Labute approximate surface area is 117 Å². The summed E-state index contributed by atoms with van der Waals surface area (Å²) in [6.07, 6.45) is -0.260. The molecule has 1 aromatic carbocycles. The van der Waals surface area contributed by atoms with Gasteiger partial charge >= 0.3 is 5.97 Å². The van der Waals surface area contributed by atoms with Crippen LogP contribution < -0.4 is 0 Å². The van der Waals surface area contributed by atoms with Gasteiger partial charge in [-0.15, -0.1) is 0 Å². The van der Waals surface area contributed by atoms with Crippen LogP contribution in [0, 0.1) is 13.8 Å². The fraction of sp³-hybridized carbons (Fsp3) is 0.462. The van der Waals surface area contributed by atoms with E-state index in [1.165, 1.54) is 16.4 Å². The summed E-state index contributed by atoms with van der Waals surface area (Å²) >= 11 is 0. The van der Waals surface area contributed by atoms with Gasteiger partial charge < -0.3 is 10.2 Å². The molecule has 0 aliphatic carbocycles. The minimum atomic E-state index is -3.77. The number of aromatic carboxylic acids is 1. The van der Waals surface area contributed by atoms with Gasteiger partial charge in [0.05, 0.1) is 16.6 Å². The number of benzene rings is 1. The molecule has 0 unspecified atom stereocenters. The number of β-amino-alcohol motifs (C(OH)–C–C–N with tert-alkyl or cyclic N) is 1. The molecule has 20 heavy (non-hydrogen) atoms. The molecule has 0 saturated carbocycles. The minimum absolute atomic E-state index is 0.00370. The summed E-state index contributed by atoms with van der Waals surface area (Å²) in [4.78, 5) is 11.1. The second-order valence-electron chi connectivity index (χ2n) is 5.03. The van der Waals surface area contributed by atoms with E-state index in [9.17, 15) is 18.3 Å². The minimum Gasteiger partial charge on any atom is -0.478 e. The van der Waals surface area contributed by atoms with Gasteiger partial charge in [0.1, 0.15) is 0 Å². The Balaban J connectivity index is 2.54. The van der Waals surface area contributed by atoms with E-state index in [0.29, 0.717) is 17.5 Å². The highest BCUT2D eigenvalue weighted by Crippen LogP contribution is 2.27. The predicted octanol–water partition coefficient (Wildman–Crippen LogP) is 0.757. The first-order chi connectivity index (χ1) is 9.23. The Morgan fingerprint density at radius 2 is 2.00 bits per heavy atom. The lowest BCUT2D eigenvalue weighted by Crippen LogP contribution is -2.30. The summed E-state index contributed by atoms with van der Waals surface area (Å²) in [5.74, 6) is -1.16.